The Bertz CT molecular complexity index is 1490. The van der Waals surface area contributed by atoms with Crippen molar-refractivity contribution in [2.24, 2.45) is 0 Å². The zero-order valence-electron chi connectivity index (χ0n) is 18.5. The maximum absolute atomic E-state index is 14.5. The van der Waals surface area contributed by atoms with Crippen molar-refractivity contribution in [1.29, 1.82) is 0 Å². The normalized spacial score (nSPS) is 14.3. The molecule has 1 atom stereocenters. The van der Waals surface area contributed by atoms with Crippen LogP contribution in [0.2, 0.25) is 0 Å². The SMILES string of the molecule is CCc1ccc2c(c1)c(-c1ccc[nH]c1=O)c(C(=O)NS(=O)C1CC1)n2Cc1cccnc1F. The number of carbonyl (C=O) groups excluding carboxylic acids is 1. The number of H-pyrrole nitrogens is 1. The average Bonchev–Trinajstić information content (AvgIpc) is 3.64. The van der Waals surface area contributed by atoms with E-state index >= 15 is 0 Å². The number of amides is 1. The van der Waals surface area contributed by atoms with Crippen LogP contribution in [0.4, 0.5) is 4.39 Å². The minimum Gasteiger partial charge on any atom is -0.331 e. The fraction of sp³-hybridized carbons (Fsp3) is 0.240. The number of hydrogen-bond acceptors (Lipinski definition) is 4. The second-order valence-corrected chi connectivity index (χ2v) is 9.77. The number of benzene rings is 1. The molecule has 34 heavy (non-hydrogen) atoms. The second kappa shape index (κ2) is 8.98. The molecule has 1 aliphatic carbocycles. The molecule has 1 fully saturated rings. The molecular formula is C25H23FN4O3S. The van der Waals surface area contributed by atoms with Gasteiger partial charge in [0.2, 0.25) is 5.95 Å². The number of pyridine rings is 2. The molecule has 3 heterocycles. The Morgan fingerprint density at radius 2 is 2.09 bits per heavy atom. The molecule has 2 N–H and O–H groups in total. The first-order valence-electron chi connectivity index (χ1n) is 11.1. The predicted molar refractivity (Wildman–Crippen MR) is 129 cm³/mol. The zero-order chi connectivity index (χ0) is 23.8. The number of aromatic amines is 1. The third kappa shape index (κ3) is 4.07. The van der Waals surface area contributed by atoms with Crippen LogP contribution in [0.15, 0.2) is 59.7 Å². The van der Waals surface area contributed by atoms with E-state index < -0.39 is 22.8 Å². The summed E-state index contributed by atoms with van der Waals surface area (Å²) in [6.45, 7) is 2.04. The number of nitrogens with zero attached hydrogens (tertiary/aromatic N) is 2. The number of fused-ring (bicyclic) bond motifs is 1. The lowest BCUT2D eigenvalue weighted by Crippen LogP contribution is -2.30. The standard InChI is InChI=1S/C25H23FN4O3S/c1-2-15-7-10-20-19(13-15)21(18-6-4-12-28-24(18)31)22(25(32)29-34(33)17-8-9-17)30(20)14-16-5-3-11-27-23(16)26/h3-7,10-13,17H,2,8-9,14H2,1H3,(H,28,31)(H,29,32). The molecule has 0 saturated heterocycles. The van der Waals surface area contributed by atoms with Crippen LogP contribution in [0.3, 0.4) is 0 Å². The summed E-state index contributed by atoms with van der Waals surface area (Å²) in [5.41, 5.74) is 2.55. The van der Waals surface area contributed by atoms with Crippen molar-refractivity contribution in [2.75, 3.05) is 0 Å². The Morgan fingerprint density at radius 3 is 2.79 bits per heavy atom. The molecular weight excluding hydrogens is 455 g/mol. The predicted octanol–water partition coefficient (Wildman–Crippen LogP) is 3.70. The van der Waals surface area contributed by atoms with Crippen molar-refractivity contribution in [1.82, 2.24) is 19.3 Å². The van der Waals surface area contributed by atoms with E-state index in [9.17, 15) is 18.2 Å². The van der Waals surface area contributed by atoms with Gasteiger partial charge in [0.05, 0.1) is 11.8 Å². The van der Waals surface area contributed by atoms with Crippen LogP contribution in [0.5, 0.6) is 0 Å². The molecule has 1 saturated carbocycles. The maximum atomic E-state index is 14.5. The molecule has 3 aromatic heterocycles. The quantitative estimate of drug-likeness (QED) is 0.396. The molecule has 1 aromatic carbocycles. The number of halogens is 1. The van der Waals surface area contributed by atoms with E-state index in [1.165, 1.54) is 12.4 Å². The lowest BCUT2D eigenvalue weighted by atomic mass is 10.0. The Hall–Kier alpha value is -3.59. The summed E-state index contributed by atoms with van der Waals surface area (Å²) in [5, 5.41) is 0.635. The Kier molecular flexibility index (Phi) is 5.87. The van der Waals surface area contributed by atoms with Crippen molar-refractivity contribution >= 4 is 27.8 Å². The largest absolute Gasteiger partial charge is 0.331 e. The summed E-state index contributed by atoms with van der Waals surface area (Å²) >= 11 is 0. The van der Waals surface area contributed by atoms with Crippen LogP contribution in [0, 0.1) is 5.95 Å². The number of aryl methyl sites for hydroxylation is 1. The van der Waals surface area contributed by atoms with Crippen molar-refractivity contribution in [3.8, 4) is 11.1 Å². The number of rotatable bonds is 7. The first-order valence-corrected chi connectivity index (χ1v) is 12.3. The highest BCUT2D eigenvalue weighted by atomic mass is 32.2. The van der Waals surface area contributed by atoms with Crippen molar-refractivity contribution < 1.29 is 13.4 Å². The topological polar surface area (TPSA) is 96.9 Å². The summed E-state index contributed by atoms with van der Waals surface area (Å²) in [6.07, 6.45) is 5.23. The minimum atomic E-state index is -1.53. The van der Waals surface area contributed by atoms with Gasteiger partial charge in [0.1, 0.15) is 16.7 Å². The van der Waals surface area contributed by atoms with Gasteiger partial charge in [-0.1, -0.05) is 19.1 Å². The molecule has 0 spiro atoms. The van der Waals surface area contributed by atoms with Crippen LogP contribution in [-0.2, 0) is 24.0 Å². The van der Waals surface area contributed by atoms with Gasteiger partial charge in [-0.15, -0.1) is 0 Å². The number of hydrogen-bond donors (Lipinski definition) is 2. The summed E-state index contributed by atoms with van der Waals surface area (Å²) in [7, 11) is -1.53. The van der Waals surface area contributed by atoms with Crippen molar-refractivity contribution in [3.63, 3.8) is 0 Å². The van der Waals surface area contributed by atoms with Gasteiger partial charge in [0.25, 0.3) is 11.5 Å². The monoisotopic (exact) mass is 478 g/mol. The zero-order valence-corrected chi connectivity index (χ0v) is 19.3. The molecule has 0 bridgehead atoms. The third-order valence-electron chi connectivity index (χ3n) is 6.02. The van der Waals surface area contributed by atoms with Crippen LogP contribution < -0.4 is 10.3 Å². The maximum Gasteiger partial charge on any atom is 0.280 e. The summed E-state index contributed by atoms with van der Waals surface area (Å²) in [6, 6.07) is 12.3. The summed E-state index contributed by atoms with van der Waals surface area (Å²) in [4.78, 5) is 32.8. The molecule has 0 aliphatic heterocycles. The molecule has 1 amide bonds. The van der Waals surface area contributed by atoms with E-state index in [-0.39, 0.29) is 23.0 Å². The van der Waals surface area contributed by atoms with Crippen LogP contribution in [-0.4, -0.2) is 29.9 Å². The molecule has 9 heteroatoms. The lowest BCUT2D eigenvalue weighted by molar-refractivity contribution is 0.0975. The number of nitrogens with one attached hydrogen (secondary N) is 2. The Balaban J connectivity index is 1.80. The van der Waals surface area contributed by atoms with Gasteiger partial charge in [-0.3, -0.25) is 14.3 Å². The third-order valence-corrected chi connectivity index (χ3v) is 7.49. The molecule has 1 unspecified atom stereocenters. The van der Waals surface area contributed by atoms with Gasteiger partial charge in [-0.25, -0.2) is 9.19 Å². The lowest BCUT2D eigenvalue weighted by Gasteiger charge is -2.13. The van der Waals surface area contributed by atoms with Gasteiger partial charge < -0.3 is 9.55 Å². The Morgan fingerprint density at radius 1 is 1.26 bits per heavy atom. The summed E-state index contributed by atoms with van der Waals surface area (Å²) in [5.74, 6) is -1.21. The Labute approximate surface area is 197 Å². The van der Waals surface area contributed by atoms with Gasteiger partial charge in [0.15, 0.2) is 0 Å². The molecule has 0 radical (unpaired) electrons. The molecule has 174 valence electrons. The average molecular weight is 479 g/mol. The van der Waals surface area contributed by atoms with Gasteiger partial charge in [0, 0.05) is 40.0 Å². The first kappa shape index (κ1) is 22.2. The molecule has 4 aromatic rings. The van der Waals surface area contributed by atoms with Crippen molar-refractivity contribution in [2.45, 2.75) is 38.0 Å². The van der Waals surface area contributed by atoms with E-state index in [1.54, 1.807) is 28.8 Å². The van der Waals surface area contributed by atoms with E-state index in [0.29, 0.717) is 27.6 Å². The number of aromatic nitrogens is 3. The second-order valence-electron chi connectivity index (χ2n) is 8.31. The highest BCUT2D eigenvalue weighted by Gasteiger charge is 2.32. The van der Waals surface area contributed by atoms with Gasteiger partial charge in [-0.2, -0.15) is 4.39 Å². The van der Waals surface area contributed by atoms with Gasteiger partial charge >= 0.3 is 0 Å². The van der Waals surface area contributed by atoms with Crippen LogP contribution in [0.25, 0.3) is 22.0 Å². The molecule has 1 aliphatic rings. The van der Waals surface area contributed by atoms with Gasteiger partial charge in [-0.05, 0) is 55.2 Å². The smallest absolute Gasteiger partial charge is 0.280 e. The van der Waals surface area contributed by atoms with E-state index in [0.717, 1.165) is 24.8 Å². The minimum absolute atomic E-state index is 0.0190. The number of carbonyl (C=O) groups is 1. The van der Waals surface area contributed by atoms with E-state index in [1.807, 2.05) is 25.1 Å². The van der Waals surface area contributed by atoms with E-state index in [4.69, 9.17) is 0 Å². The van der Waals surface area contributed by atoms with Crippen LogP contribution >= 0.6 is 0 Å². The fourth-order valence-corrected chi connectivity index (χ4v) is 5.14. The summed E-state index contributed by atoms with van der Waals surface area (Å²) < 4.78 is 31.4. The highest BCUT2D eigenvalue weighted by Crippen LogP contribution is 2.35. The van der Waals surface area contributed by atoms with E-state index in [2.05, 4.69) is 14.7 Å². The molecule has 7 nitrogen and oxygen atoms in total. The highest BCUT2D eigenvalue weighted by molar-refractivity contribution is 7.84. The first-order chi connectivity index (χ1) is 16.5. The molecule has 5 rings (SSSR count). The van der Waals surface area contributed by atoms with Crippen LogP contribution in [0.1, 0.15) is 41.4 Å². The van der Waals surface area contributed by atoms with Crippen molar-refractivity contribution in [3.05, 3.63) is 88.0 Å². The fourth-order valence-electron chi connectivity index (χ4n) is 4.13.